The van der Waals surface area contributed by atoms with Crippen LogP contribution in [0.3, 0.4) is 0 Å². The van der Waals surface area contributed by atoms with Gasteiger partial charge >= 0.3 is 5.97 Å². The molecular weight excluding hydrogens is 394 g/mol. The van der Waals surface area contributed by atoms with Crippen LogP contribution in [0, 0.1) is 0 Å². The van der Waals surface area contributed by atoms with Gasteiger partial charge in [0.15, 0.2) is 0 Å². The normalized spacial score (nSPS) is 17.2. The summed E-state index contributed by atoms with van der Waals surface area (Å²) in [7, 11) is 0. The zero-order valence-electron chi connectivity index (χ0n) is 13.6. The lowest BCUT2D eigenvalue weighted by Crippen LogP contribution is -2.43. The van der Waals surface area contributed by atoms with Gasteiger partial charge < -0.3 is 9.52 Å². The number of thiocarbonyl (C=S) groups is 1. The molecule has 1 atom stereocenters. The van der Waals surface area contributed by atoms with Crippen molar-refractivity contribution in [1.82, 2.24) is 4.90 Å². The first-order valence-electron chi connectivity index (χ1n) is 7.76. The lowest BCUT2D eigenvalue weighted by atomic mass is 10.2. The Bertz CT molecular complexity index is 904. The molecule has 0 spiro atoms. The van der Waals surface area contributed by atoms with Gasteiger partial charge in [-0.2, -0.15) is 0 Å². The van der Waals surface area contributed by atoms with Crippen molar-refractivity contribution in [3.8, 4) is 11.3 Å². The lowest BCUT2D eigenvalue weighted by molar-refractivity contribution is -0.145. The van der Waals surface area contributed by atoms with Crippen LogP contribution >= 0.6 is 35.6 Å². The van der Waals surface area contributed by atoms with E-state index in [0.717, 1.165) is 22.2 Å². The smallest absolute Gasteiger partial charge is 0.326 e. The average molecular weight is 408 g/mol. The van der Waals surface area contributed by atoms with Crippen molar-refractivity contribution >= 4 is 57.9 Å². The van der Waals surface area contributed by atoms with Crippen LogP contribution in [0.2, 0.25) is 5.02 Å². The van der Waals surface area contributed by atoms with Gasteiger partial charge in [-0.15, -0.1) is 0 Å². The Morgan fingerprint density at radius 2 is 2.04 bits per heavy atom. The number of hydrogen-bond donors (Lipinski definition) is 1. The first kappa shape index (κ1) is 18.7. The molecule has 1 saturated heterocycles. The van der Waals surface area contributed by atoms with E-state index in [2.05, 4.69) is 0 Å². The first-order chi connectivity index (χ1) is 12.4. The Morgan fingerprint density at radius 1 is 1.35 bits per heavy atom. The SMILES string of the molecule is CC[C@@H](C(=O)O)N1C(=O)/C(=C\c2ccc(-c3ccc(Cl)cc3)o2)SC1=S. The highest BCUT2D eigenvalue weighted by molar-refractivity contribution is 8.26. The molecule has 1 aliphatic rings. The van der Waals surface area contributed by atoms with Crippen LogP contribution in [0.1, 0.15) is 19.1 Å². The number of benzene rings is 1. The molecule has 8 heteroatoms. The summed E-state index contributed by atoms with van der Waals surface area (Å²) in [6.07, 6.45) is 1.85. The third-order valence-electron chi connectivity index (χ3n) is 3.84. The maximum absolute atomic E-state index is 12.6. The van der Waals surface area contributed by atoms with Crippen LogP contribution in [0.5, 0.6) is 0 Å². The molecule has 2 aromatic rings. The predicted octanol–water partition coefficient (Wildman–Crippen LogP) is 4.66. The predicted molar refractivity (Wildman–Crippen MR) is 106 cm³/mol. The molecule has 0 radical (unpaired) electrons. The second kappa shape index (κ2) is 7.65. The monoisotopic (exact) mass is 407 g/mol. The highest BCUT2D eigenvalue weighted by Gasteiger charge is 2.39. The molecule has 1 fully saturated rings. The van der Waals surface area contributed by atoms with Gasteiger partial charge in [-0.3, -0.25) is 9.69 Å². The first-order valence-corrected chi connectivity index (χ1v) is 9.36. The Hall–Kier alpha value is -2.09. The summed E-state index contributed by atoms with van der Waals surface area (Å²) in [5, 5.41) is 9.92. The van der Waals surface area contributed by atoms with E-state index >= 15 is 0 Å². The summed E-state index contributed by atoms with van der Waals surface area (Å²) >= 11 is 12.1. The minimum absolute atomic E-state index is 0.236. The minimum atomic E-state index is -1.08. The molecule has 1 amide bonds. The average Bonchev–Trinajstić information content (AvgIpc) is 3.16. The molecule has 0 saturated carbocycles. The zero-order chi connectivity index (χ0) is 18.8. The van der Waals surface area contributed by atoms with Crippen LogP contribution in [-0.4, -0.2) is 32.2 Å². The summed E-state index contributed by atoms with van der Waals surface area (Å²) in [4.78, 5) is 25.4. The molecule has 1 aliphatic heterocycles. The molecule has 0 aliphatic carbocycles. The highest BCUT2D eigenvalue weighted by Crippen LogP contribution is 2.35. The van der Waals surface area contributed by atoms with Crippen LogP contribution in [0.4, 0.5) is 0 Å². The summed E-state index contributed by atoms with van der Waals surface area (Å²) < 4.78 is 6.00. The summed E-state index contributed by atoms with van der Waals surface area (Å²) in [6, 6.07) is 9.77. The number of nitrogens with zero attached hydrogens (tertiary/aromatic N) is 1. The molecule has 1 N–H and O–H groups in total. The van der Waals surface area contributed by atoms with Crippen molar-refractivity contribution in [2.75, 3.05) is 0 Å². The molecule has 5 nitrogen and oxygen atoms in total. The minimum Gasteiger partial charge on any atom is -0.480 e. The molecule has 2 heterocycles. The second-order valence-electron chi connectivity index (χ2n) is 5.52. The van der Waals surface area contributed by atoms with Gasteiger partial charge in [-0.1, -0.05) is 42.5 Å². The van der Waals surface area contributed by atoms with Gasteiger partial charge in [0.2, 0.25) is 0 Å². The van der Waals surface area contributed by atoms with Crippen molar-refractivity contribution in [1.29, 1.82) is 0 Å². The van der Waals surface area contributed by atoms with E-state index < -0.39 is 17.9 Å². The number of carboxylic acids is 1. The number of hydrogen-bond acceptors (Lipinski definition) is 5. The maximum atomic E-state index is 12.6. The number of aliphatic carboxylic acids is 1. The fourth-order valence-corrected chi connectivity index (χ4v) is 4.01. The Labute approximate surface area is 164 Å². The molecule has 0 bridgehead atoms. The van der Waals surface area contributed by atoms with Crippen molar-refractivity contribution in [2.24, 2.45) is 0 Å². The summed E-state index contributed by atoms with van der Waals surface area (Å²) in [5.74, 6) is -0.369. The van der Waals surface area contributed by atoms with Crippen molar-refractivity contribution in [3.05, 3.63) is 52.1 Å². The van der Waals surface area contributed by atoms with Gasteiger partial charge in [-0.25, -0.2) is 4.79 Å². The lowest BCUT2D eigenvalue weighted by Gasteiger charge is -2.21. The Morgan fingerprint density at radius 3 is 2.65 bits per heavy atom. The van der Waals surface area contributed by atoms with Gasteiger partial charge in [0.05, 0.1) is 4.91 Å². The standard InChI is InChI=1S/C18H14ClNO4S2/c1-2-13(17(22)23)20-16(21)15(26-18(20)25)9-12-7-8-14(24-12)10-3-5-11(19)6-4-10/h3-9,13H,2H2,1H3,(H,22,23)/b15-9+/t13-/m0/s1. The van der Waals surface area contributed by atoms with Crippen LogP contribution in [-0.2, 0) is 9.59 Å². The quantitative estimate of drug-likeness (QED) is 0.574. The topological polar surface area (TPSA) is 70.8 Å². The number of amides is 1. The fraction of sp³-hybridized carbons (Fsp3) is 0.167. The number of carbonyl (C=O) groups is 2. The maximum Gasteiger partial charge on any atom is 0.326 e. The Kier molecular flexibility index (Phi) is 5.50. The van der Waals surface area contributed by atoms with Gasteiger partial charge in [0, 0.05) is 16.7 Å². The highest BCUT2D eigenvalue weighted by atomic mass is 35.5. The summed E-state index contributed by atoms with van der Waals surface area (Å²) in [6.45, 7) is 1.70. The van der Waals surface area contributed by atoms with Crippen molar-refractivity contribution in [3.63, 3.8) is 0 Å². The summed E-state index contributed by atoms with van der Waals surface area (Å²) in [5.41, 5.74) is 0.860. The van der Waals surface area contributed by atoms with Crippen LogP contribution in [0.25, 0.3) is 17.4 Å². The number of carbonyl (C=O) groups excluding carboxylic acids is 1. The molecular formula is C18H14ClNO4S2. The van der Waals surface area contributed by atoms with Crippen LogP contribution in [0.15, 0.2) is 45.7 Å². The number of carboxylic acid groups (broad SMARTS) is 1. The van der Waals surface area contributed by atoms with E-state index in [1.807, 2.05) is 12.1 Å². The zero-order valence-corrected chi connectivity index (χ0v) is 16.0. The largest absolute Gasteiger partial charge is 0.480 e. The second-order valence-corrected chi connectivity index (χ2v) is 7.64. The molecule has 1 aromatic carbocycles. The third-order valence-corrected chi connectivity index (χ3v) is 5.42. The number of halogens is 1. The molecule has 26 heavy (non-hydrogen) atoms. The number of furan rings is 1. The van der Waals surface area contributed by atoms with Crippen molar-refractivity contribution in [2.45, 2.75) is 19.4 Å². The van der Waals surface area contributed by atoms with E-state index in [-0.39, 0.29) is 10.7 Å². The fourth-order valence-electron chi connectivity index (χ4n) is 2.55. The van der Waals surface area contributed by atoms with Gasteiger partial charge in [0.1, 0.15) is 21.9 Å². The molecule has 3 rings (SSSR count). The van der Waals surface area contributed by atoms with E-state index in [4.69, 9.17) is 28.2 Å². The van der Waals surface area contributed by atoms with Gasteiger partial charge in [0.25, 0.3) is 5.91 Å². The Balaban J connectivity index is 1.85. The van der Waals surface area contributed by atoms with E-state index in [9.17, 15) is 14.7 Å². The van der Waals surface area contributed by atoms with Crippen molar-refractivity contribution < 1.29 is 19.1 Å². The van der Waals surface area contributed by atoms with Crippen LogP contribution < -0.4 is 0 Å². The third kappa shape index (κ3) is 3.70. The number of thioether (sulfide) groups is 1. The number of rotatable bonds is 5. The van der Waals surface area contributed by atoms with E-state index in [0.29, 0.717) is 21.4 Å². The molecule has 1 aromatic heterocycles. The van der Waals surface area contributed by atoms with E-state index in [1.54, 1.807) is 37.3 Å². The molecule has 134 valence electrons. The van der Waals surface area contributed by atoms with E-state index in [1.165, 1.54) is 0 Å². The van der Waals surface area contributed by atoms with Gasteiger partial charge in [-0.05, 0) is 42.8 Å². The molecule has 0 unspecified atom stereocenters.